The highest BCUT2D eigenvalue weighted by Gasteiger charge is 2.44. The van der Waals surface area contributed by atoms with Crippen molar-refractivity contribution in [2.24, 2.45) is 0 Å². The van der Waals surface area contributed by atoms with Crippen molar-refractivity contribution in [2.75, 3.05) is 0 Å². The van der Waals surface area contributed by atoms with Crippen molar-refractivity contribution in [1.29, 1.82) is 0 Å². The standard InChI is InChI=1S/C18H35NSi/c1-8-9-10-11-18-12-13-19(14-18)20(15(2)3,16(4)5)17(6)7/h12-17H,8-11H2,1-7H3. The summed E-state index contributed by atoms with van der Waals surface area (Å²) >= 11 is 0. The normalized spacial score (nSPS) is 12.9. The molecule has 0 unspecified atom stereocenters. The molecule has 2 heteroatoms. The lowest BCUT2D eigenvalue weighted by Gasteiger charge is -2.44. The molecule has 0 N–H and O–H groups in total. The summed E-state index contributed by atoms with van der Waals surface area (Å²) in [6.07, 6.45) is 10.1. The summed E-state index contributed by atoms with van der Waals surface area (Å²) in [4.78, 5) is 0. The molecule has 0 saturated carbocycles. The van der Waals surface area contributed by atoms with Crippen LogP contribution in [-0.4, -0.2) is 12.5 Å². The van der Waals surface area contributed by atoms with Crippen molar-refractivity contribution in [3.05, 3.63) is 24.0 Å². The number of rotatable bonds is 8. The van der Waals surface area contributed by atoms with Crippen LogP contribution in [-0.2, 0) is 6.42 Å². The molecule has 1 aromatic rings. The van der Waals surface area contributed by atoms with Crippen LogP contribution in [0.3, 0.4) is 0 Å². The van der Waals surface area contributed by atoms with Gasteiger partial charge in [-0.1, -0.05) is 61.3 Å². The average molecular weight is 294 g/mol. The highest BCUT2D eigenvalue weighted by Crippen LogP contribution is 2.42. The van der Waals surface area contributed by atoms with E-state index in [4.69, 9.17) is 0 Å². The third-order valence-corrected chi connectivity index (χ3v) is 11.8. The van der Waals surface area contributed by atoms with E-state index in [9.17, 15) is 0 Å². The van der Waals surface area contributed by atoms with Crippen molar-refractivity contribution in [1.82, 2.24) is 4.23 Å². The minimum absolute atomic E-state index is 0.776. The number of aromatic nitrogens is 1. The Labute approximate surface area is 127 Å². The maximum Gasteiger partial charge on any atom is 0.168 e. The zero-order valence-electron chi connectivity index (χ0n) is 14.7. The Morgan fingerprint density at radius 2 is 1.50 bits per heavy atom. The van der Waals surface area contributed by atoms with Crippen LogP contribution >= 0.6 is 0 Å². The summed E-state index contributed by atoms with van der Waals surface area (Å²) < 4.78 is 2.66. The van der Waals surface area contributed by atoms with Crippen molar-refractivity contribution in [2.45, 2.75) is 90.8 Å². The highest BCUT2D eigenvalue weighted by molar-refractivity contribution is 6.82. The fourth-order valence-corrected chi connectivity index (χ4v) is 10.8. The Kier molecular flexibility index (Phi) is 6.57. The fraction of sp³-hybridized carbons (Fsp3) is 0.778. The van der Waals surface area contributed by atoms with Gasteiger partial charge in [0.1, 0.15) is 0 Å². The number of unbranched alkanes of at least 4 members (excludes halogenated alkanes) is 2. The highest BCUT2D eigenvalue weighted by atomic mass is 28.3. The van der Waals surface area contributed by atoms with Gasteiger partial charge in [-0.3, -0.25) is 0 Å². The monoisotopic (exact) mass is 293 g/mol. The first-order chi connectivity index (χ1) is 9.37. The molecule has 0 radical (unpaired) electrons. The molecular weight excluding hydrogens is 258 g/mol. The second kappa shape index (κ2) is 7.49. The van der Waals surface area contributed by atoms with Crippen LogP contribution in [0.2, 0.25) is 16.6 Å². The molecule has 116 valence electrons. The molecule has 0 aliphatic heterocycles. The summed E-state index contributed by atoms with van der Waals surface area (Å²) in [5, 5.41) is 0. The van der Waals surface area contributed by atoms with Crippen LogP contribution in [0.25, 0.3) is 0 Å². The van der Waals surface area contributed by atoms with Gasteiger partial charge in [0.15, 0.2) is 8.24 Å². The van der Waals surface area contributed by atoms with Gasteiger partial charge >= 0.3 is 0 Å². The van der Waals surface area contributed by atoms with Crippen molar-refractivity contribution >= 4 is 8.24 Å². The third-order valence-electron chi connectivity index (χ3n) is 5.04. The molecule has 1 nitrogen and oxygen atoms in total. The quantitative estimate of drug-likeness (QED) is 0.394. The fourth-order valence-electron chi connectivity index (χ4n) is 4.30. The van der Waals surface area contributed by atoms with E-state index in [2.05, 4.69) is 71.2 Å². The molecule has 0 atom stereocenters. The maximum atomic E-state index is 2.66. The second-order valence-electron chi connectivity index (χ2n) is 7.24. The minimum atomic E-state index is -1.51. The van der Waals surface area contributed by atoms with Gasteiger partial charge in [0.2, 0.25) is 0 Å². The molecule has 1 rings (SSSR count). The molecule has 20 heavy (non-hydrogen) atoms. The van der Waals surface area contributed by atoms with E-state index in [1.165, 1.54) is 31.2 Å². The Morgan fingerprint density at radius 3 is 1.95 bits per heavy atom. The van der Waals surface area contributed by atoms with Crippen LogP contribution in [0, 0.1) is 0 Å². The van der Waals surface area contributed by atoms with E-state index >= 15 is 0 Å². The molecule has 0 aromatic carbocycles. The topological polar surface area (TPSA) is 4.93 Å². The van der Waals surface area contributed by atoms with Crippen molar-refractivity contribution in [3.63, 3.8) is 0 Å². The third kappa shape index (κ3) is 3.39. The van der Waals surface area contributed by atoms with Gasteiger partial charge < -0.3 is 4.23 Å². The lowest BCUT2D eigenvalue weighted by Crippen LogP contribution is -2.51. The van der Waals surface area contributed by atoms with E-state index in [1.54, 1.807) is 0 Å². The smallest absolute Gasteiger partial charge is 0.168 e. The van der Waals surface area contributed by atoms with E-state index in [0.29, 0.717) is 0 Å². The average Bonchev–Trinajstić information content (AvgIpc) is 2.77. The van der Waals surface area contributed by atoms with Gasteiger partial charge in [0, 0.05) is 0 Å². The van der Waals surface area contributed by atoms with Crippen molar-refractivity contribution in [3.8, 4) is 0 Å². The van der Waals surface area contributed by atoms with Gasteiger partial charge in [0.25, 0.3) is 0 Å². The first kappa shape index (κ1) is 17.5. The number of hydrogen-bond acceptors (Lipinski definition) is 0. The first-order valence-electron chi connectivity index (χ1n) is 8.54. The molecule has 0 fully saturated rings. The minimum Gasteiger partial charge on any atom is -0.379 e. The predicted molar refractivity (Wildman–Crippen MR) is 94.1 cm³/mol. The summed E-state index contributed by atoms with van der Waals surface area (Å²) in [5.74, 6) is 0. The summed E-state index contributed by atoms with van der Waals surface area (Å²) in [5.41, 5.74) is 3.87. The van der Waals surface area contributed by atoms with Crippen molar-refractivity contribution < 1.29 is 0 Å². The van der Waals surface area contributed by atoms with Crippen LogP contribution in [0.1, 0.15) is 73.3 Å². The van der Waals surface area contributed by atoms with E-state index < -0.39 is 8.24 Å². The van der Waals surface area contributed by atoms with Crippen LogP contribution in [0.4, 0.5) is 0 Å². The Hall–Kier alpha value is -0.503. The molecule has 0 spiro atoms. The molecule has 0 aliphatic carbocycles. The Bertz CT molecular complexity index is 368. The van der Waals surface area contributed by atoms with E-state index in [1.807, 2.05) is 0 Å². The zero-order valence-corrected chi connectivity index (χ0v) is 15.7. The molecule has 1 aromatic heterocycles. The summed E-state index contributed by atoms with van der Waals surface area (Å²) in [6.45, 7) is 16.9. The predicted octanol–water partition coefficient (Wildman–Crippen LogP) is 6.24. The molecular formula is C18H35NSi. The molecule has 0 bridgehead atoms. The maximum absolute atomic E-state index is 2.66. The SMILES string of the molecule is CCCCCc1ccn([Si](C(C)C)(C(C)C)C(C)C)c1. The number of nitrogens with zero attached hydrogens (tertiary/aromatic N) is 1. The lowest BCUT2D eigenvalue weighted by molar-refractivity contribution is 0.716. The zero-order chi connectivity index (χ0) is 15.3. The van der Waals surface area contributed by atoms with E-state index in [0.717, 1.165) is 16.6 Å². The first-order valence-corrected chi connectivity index (χ1v) is 10.7. The van der Waals surface area contributed by atoms with Crippen LogP contribution < -0.4 is 0 Å². The Balaban J connectivity index is 3.04. The van der Waals surface area contributed by atoms with E-state index in [-0.39, 0.29) is 0 Å². The van der Waals surface area contributed by atoms with Gasteiger partial charge in [-0.25, -0.2) is 0 Å². The summed E-state index contributed by atoms with van der Waals surface area (Å²) in [6, 6.07) is 2.37. The largest absolute Gasteiger partial charge is 0.379 e. The number of aryl methyl sites for hydroxylation is 1. The molecule has 1 heterocycles. The lowest BCUT2D eigenvalue weighted by atomic mass is 10.1. The molecule has 0 aliphatic rings. The van der Waals surface area contributed by atoms with Crippen LogP contribution in [0.15, 0.2) is 18.5 Å². The Morgan fingerprint density at radius 1 is 0.950 bits per heavy atom. The van der Waals surface area contributed by atoms with Crippen LogP contribution in [0.5, 0.6) is 0 Å². The number of hydrogen-bond donors (Lipinski definition) is 0. The van der Waals surface area contributed by atoms with Gasteiger partial charge in [-0.15, -0.1) is 0 Å². The van der Waals surface area contributed by atoms with Gasteiger partial charge in [-0.2, -0.15) is 0 Å². The summed E-state index contributed by atoms with van der Waals surface area (Å²) in [7, 11) is -1.51. The van der Waals surface area contributed by atoms with Gasteiger partial charge in [0.05, 0.1) is 0 Å². The molecule has 0 saturated heterocycles. The second-order valence-corrected chi connectivity index (χ2v) is 13.0. The van der Waals surface area contributed by atoms with Gasteiger partial charge in [-0.05, 0) is 53.5 Å². The molecule has 0 amide bonds.